The molecule has 1 atom stereocenters. The molecule has 1 amide bonds. The number of rotatable bonds is 4. The molecule has 1 aromatic carbocycles. The fourth-order valence-electron chi connectivity index (χ4n) is 1.53. The average Bonchev–Trinajstić information content (AvgIpc) is 3.12. The van der Waals surface area contributed by atoms with Crippen LogP contribution in [0.2, 0.25) is 0 Å². The molecule has 1 aromatic rings. The summed E-state index contributed by atoms with van der Waals surface area (Å²) in [6, 6.07) is 5.31. The van der Waals surface area contributed by atoms with Crippen LogP contribution in [0.15, 0.2) is 29.2 Å². The zero-order valence-corrected chi connectivity index (χ0v) is 10.8. The van der Waals surface area contributed by atoms with Crippen LogP contribution in [0.5, 0.6) is 5.75 Å². The van der Waals surface area contributed by atoms with E-state index in [0.29, 0.717) is 0 Å². The van der Waals surface area contributed by atoms with E-state index in [-0.39, 0.29) is 16.7 Å². The number of amides is 1. The Kier molecular flexibility index (Phi) is 3.30. The third-order valence-corrected chi connectivity index (χ3v) is 5.00. The van der Waals surface area contributed by atoms with Gasteiger partial charge in [0.15, 0.2) is 9.84 Å². The van der Waals surface area contributed by atoms with E-state index >= 15 is 0 Å². The summed E-state index contributed by atoms with van der Waals surface area (Å²) in [4.78, 5) is 11.8. The zero-order chi connectivity index (χ0) is 13.3. The lowest BCUT2D eigenvalue weighted by molar-refractivity contribution is -0.120. The molecule has 0 saturated heterocycles. The number of nitrogens with one attached hydrogen (secondary N) is 1. The maximum absolute atomic E-state index is 12.1. The fraction of sp³-hybridized carbons (Fsp3) is 0.417. The number of phenolic OH excluding ortho intramolecular Hbond substituents is 1. The molecule has 0 aliphatic heterocycles. The second kappa shape index (κ2) is 4.61. The van der Waals surface area contributed by atoms with E-state index in [1.165, 1.54) is 31.2 Å². The van der Waals surface area contributed by atoms with Crippen molar-refractivity contribution in [3.8, 4) is 5.75 Å². The van der Waals surface area contributed by atoms with Crippen LogP contribution >= 0.6 is 0 Å². The second-order valence-electron chi connectivity index (χ2n) is 4.46. The number of hydrogen-bond donors (Lipinski definition) is 2. The van der Waals surface area contributed by atoms with Gasteiger partial charge in [0.2, 0.25) is 5.91 Å². The van der Waals surface area contributed by atoms with E-state index < -0.39 is 21.0 Å². The molecule has 2 N–H and O–H groups in total. The number of carbonyl (C=O) groups excluding carboxylic acids is 1. The molecule has 0 unspecified atom stereocenters. The molecular weight excluding hydrogens is 254 g/mol. The summed E-state index contributed by atoms with van der Waals surface area (Å²) in [5.41, 5.74) is 0. The lowest BCUT2D eigenvalue weighted by Crippen LogP contribution is -2.38. The average molecular weight is 269 g/mol. The van der Waals surface area contributed by atoms with Crippen LogP contribution in [0, 0.1) is 0 Å². The van der Waals surface area contributed by atoms with Gasteiger partial charge in [-0.15, -0.1) is 0 Å². The van der Waals surface area contributed by atoms with Crippen LogP contribution in [0.25, 0.3) is 0 Å². The Bertz CT molecular complexity index is 546. The standard InChI is InChI=1S/C12H15NO4S/c1-8(12(15)13-9-2-3-9)18(16,17)11-6-4-10(14)5-7-11/h4-9,14H,2-3H2,1H3,(H,13,15)/t8-/m0/s1. The second-order valence-corrected chi connectivity index (χ2v) is 6.73. The van der Waals surface area contributed by atoms with Crippen molar-refractivity contribution in [2.45, 2.75) is 36.0 Å². The van der Waals surface area contributed by atoms with Crippen molar-refractivity contribution in [3.05, 3.63) is 24.3 Å². The summed E-state index contributed by atoms with van der Waals surface area (Å²) in [6.07, 6.45) is 1.83. The largest absolute Gasteiger partial charge is 0.508 e. The van der Waals surface area contributed by atoms with Crippen LogP contribution in [-0.2, 0) is 14.6 Å². The number of hydrogen-bond acceptors (Lipinski definition) is 4. The van der Waals surface area contributed by atoms with Crippen molar-refractivity contribution in [1.82, 2.24) is 5.32 Å². The molecule has 1 aliphatic carbocycles. The molecule has 2 rings (SSSR count). The molecule has 18 heavy (non-hydrogen) atoms. The Morgan fingerprint density at radius 1 is 1.33 bits per heavy atom. The van der Waals surface area contributed by atoms with E-state index in [0.717, 1.165) is 12.8 Å². The maximum Gasteiger partial charge on any atom is 0.238 e. The van der Waals surface area contributed by atoms with Gasteiger partial charge < -0.3 is 10.4 Å². The number of phenols is 1. The Hall–Kier alpha value is -1.56. The molecule has 0 spiro atoms. The zero-order valence-electron chi connectivity index (χ0n) is 9.96. The molecule has 1 saturated carbocycles. The minimum Gasteiger partial charge on any atom is -0.508 e. The first kappa shape index (κ1) is 12.9. The summed E-state index contributed by atoms with van der Waals surface area (Å²) >= 11 is 0. The van der Waals surface area contributed by atoms with Gasteiger partial charge >= 0.3 is 0 Å². The van der Waals surface area contributed by atoms with E-state index in [2.05, 4.69) is 5.32 Å². The molecular formula is C12H15NO4S. The van der Waals surface area contributed by atoms with Gasteiger partial charge in [-0.2, -0.15) is 0 Å². The highest BCUT2D eigenvalue weighted by atomic mass is 32.2. The van der Waals surface area contributed by atoms with Crippen molar-refractivity contribution in [1.29, 1.82) is 0 Å². The van der Waals surface area contributed by atoms with Crippen molar-refractivity contribution in [2.75, 3.05) is 0 Å². The van der Waals surface area contributed by atoms with Gasteiger partial charge in [-0.3, -0.25) is 4.79 Å². The predicted molar refractivity (Wildman–Crippen MR) is 65.9 cm³/mol. The molecule has 0 radical (unpaired) electrons. The van der Waals surface area contributed by atoms with E-state index in [1.807, 2.05) is 0 Å². The van der Waals surface area contributed by atoms with Gasteiger partial charge in [-0.05, 0) is 44.0 Å². The van der Waals surface area contributed by atoms with Gasteiger partial charge in [-0.25, -0.2) is 8.42 Å². The summed E-state index contributed by atoms with van der Waals surface area (Å²) < 4.78 is 24.3. The van der Waals surface area contributed by atoms with Crippen LogP contribution in [0.4, 0.5) is 0 Å². The smallest absolute Gasteiger partial charge is 0.238 e. The highest BCUT2D eigenvalue weighted by Crippen LogP contribution is 2.22. The quantitative estimate of drug-likeness (QED) is 0.848. The first-order valence-corrected chi connectivity index (χ1v) is 7.29. The number of carbonyl (C=O) groups is 1. The van der Waals surface area contributed by atoms with Crippen molar-refractivity contribution >= 4 is 15.7 Å². The Morgan fingerprint density at radius 2 is 1.89 bits per heavy atom. The van der Waals surface area contributed by atoms with Crippen LogP contribution in [0.1, 0.15) is 19.8 Å². The SMILES string of the molecule is C[C@@H](C(=O)NC1CC1)S(=O)(=O)c1ccc(O)cc1. The molecule has 6 heteroatoms. The highest BCUT2D eigenvalue weighted by Gasteiger charge is 2.33. The lowest BCUT2D eigenvalue weighted by Gasteiger charge is -2.13. The first-order chi connectivity index (χ1) is 8.41. The first-order valence-electron chi connectivity index (χ1n) is 5.74. The Balaban J connectivity index is 2.18. The Labute approximate surface area is 106 Å². The van der Waals surface area contributed by atoms with E-state index in [4.69, 9.17) is 5.11 Å². The minimum atomic E-state index is -3.70. The summed E-state index contributed by atoms with van der Waals surface area (Å²) in [5.74, 6) is -0.477. The molecule has 1 aliphatic rings. The minimum absolute atomic E-state index is 0.0102. The predicted octanol–water partition coefficient (Wildman–Crippen LogP) is 0.833. The van der Waals surface area contributed by atoms with Crippen LogP contribution < -0.4 is 5.32 Å². The third-order valence-electron chi connectivity index (χ3n) is 2.92. The Morgan fingerprint density at radius 3 is 2.39 bits per heavy atom. The van der Waals surface area contributed by atoms with Crippen molar-refractivity contribution in [2.24, 2.45) is 0 Å². The highest BCUT2D eigenvalue weighted by molar-refractivity contribution is 7.92. The fourth-order valence-corrected chi connectivity index (χ4v) is 2.80. The number of aromatic hydroxyl groups is 1. The molecule has 0 bridgehead atoms. The molecule has 0 heterocycles. The molecule has 1 fully saturated rings. The molecule has 98 valence electrons. The van der Waals surface area contributed by atoms with Gasteiger partial charge in [0, 0.05) is 6.04 Å². The van der Waals surface area contributed by atoms with Gasteiger partial charge in [0.1, 0.15) is 11.0 Å². The van der Waals surface area contributed by atoms with Gasteiger partial charge in [-0.1, -0.05) is 0 Å². The maximum atomic E-state index is 12.1. The number of benzene rings is 1. The normalized spacial score (nSPS) is 17.2. The lowest BCUT2D eigenvalue weighted by atomic mass is 10.3. The molecule has 0 aromatic heterocycles. The van der Waals surface area contributed by atoms with Crippen LogP contribution in [0.3, 0.4) is 0 Å². The number of sulfone groups is 1. The summed E-state index contributed by atoms with van der Waals surface area (Å²) in [6.45, 7) is 1.37. The molecule has 5 nitrogen and oxygen atoms in total. The van der Waals surface area contributed by atoms with Crippen molar-refractivity contribution in [3.63, 3.8) is 0 Å². The van der Waals surface area contributed by atoms with E-state index in [9.17, 15) is 13.2 Å². The summed E-state index contributed by atoms with van der Waals surface area (Å²) in [5, 5.41) is 10.7. The van der Waals surface area contributed by atoms with Crippen LogP contribution in [-0.4, -0.2) is 30.7 Å². The third kappa shape index (κ3) is 2.64. The van der Waals surface area contributed by atoms with E-state index in [1.54, 1.807) is 0 Å². The van der Waals surface area contributed by atoms with Gasteiger partial charge in [0.05, 0.1) is 4.90 Å². The van der Waals surface area contributed by atoms with Crippen molar-refractivity contribution < 1.29 is 18.3 Å². The monoisotopic (exact) mass is 269 g/mol. The summed E-state index contributed by atoms with van der Waals surface area (Å²) in [7, 11) is -3.70. The topological polar surface area (TPSA) is 83.5 Å². The van der Waals surface area contributed by atoms with Gasteiger partial charge in [0.25, 0.3) is 0 Å².